The zero-order chi connectivity index (χ0) is 11.4. The topological polar surface area (TPSA) is 32.3 Å². The van der Waals surface area contributed by atoms with Crippen molar-refractivity contribution < 1.29 is 5.11 Å². The summed E-state index contributed by atoms with van der Waals surface area (Å²) >= 11 is 0. The van der Waals surface area contributed by atoms with Crippen LogP contribution < -0.4 is 5.32 Å². The predicted octanol–water partition coefficient (Wildman–Crippen LogP) is 2.71. The van der Waals surface area contributed by atoms with Gasteiger partial charge in [0, 0.05) is 6.04 Å². The fourth-order valence-corrected chi connectivity index (χ4v) is 3.54. The molecule has 0 aromatic heterocycles. The van der Waals surface area contributed by atoms with Crippen molar-refractivity contribution in [3.05, 3.63) is 0 Å². The molecule has 0 atom stereocenters. The van der Waals surface area contributed by atoms with Crippen LogP contribution in [0.2, 0.25) is 0 Å². The Hall–Kier alpha value is -0.0800. The Balaban J connectivity index is 1.66. The fraction of sp³-hybridized carbons (Fsp3) is 1.00. The average molecular weight is 225 g/mol. The molecule has 0 amide bonds. The largest absolute Gasteiger partial charge is 0.393 e. The van der Waals surface area contributed by atoms with E-state index in [-0.39, 0.29) is 6.10 Å². The standard InChI is InChI=1S/C14H27NO/c1-15-13-6-2-11(3-7-13)10-12-4-8-14(16)9-5-12/h11-16H,2-10H2,1H3. The van der Waals surface area contributed by atoms with Crippen LogP contribution in [0, 0.1) is 11.8 Å². The number of rotatable bonds is 3. The Morgan fingerprint density at radius 2 is 1.38 bits per heavy atom. The minimum Gasteiger partial charge on any atom is -0.393 e. The summed E-state index contributed by atoms with van der Waals surface area (Å²) in [6.07, 6.45) is 11.7. The lowest BCUT2D eigenvalue weighted by atomic mass is 9.76. The molecule has 0 aliphatic heterocycles. The smallest absolute Gasteiger partial charge is 0.0540 e. The molecule has 0 bridgehead atoms. The zero-order valence-corrected chi connectivity index (χ0v) is 10.6. The molecule has 2 aliphatic carbocycles. The Morgan fingerprint density at radius 1 is 0.875 bits per heavy atom. The van der Waals surface area contributed by atoms with Crippen molar-refractivity contribution in [1.82, 2.24) is 5.32 Å². The highest BCUT2D eigenvalue weighted by Crippen LogP contribution is 2.35. The quantitative estimate of drug-likeness (QED) is 0.774. The van der Waals surface area contributed by atoms with Gasteiger partial charge >= 0.3 is 0 Å². The number of aliphatic hydroxyl groups is 1. The van der Waals surface area contributed by atoms with Gasteiger partial charge < -0.3 is 10.4 Å². The maximum atomic E-state index is 9.49. The van der Waals surface area contributed by atoms with Gasteiger partial charge in [-0.15, -0.1) is 0 Å². The van der Waals surface area contributed by atoms with E-state index >= 15 is 0 Å². The molecular formula is C14H27NO. The molecule has 16 heavy (non-hydrogen) atoms. The first kappa shape index (κ1) is 12.4. The first-order valence-electron chi connectivity index (χ1n) is 7.13. The summed E-state index contributed by atoms with van der Waals surface area (Å²) in [5, 5.41) is 12.9. The molecule has 94 valence electrons. The molecule has 2 fully saturated rings. The lowest BCUT2D eigenvalue weighted by molar-refractivity contribution is 0.0977. The van der Waals surface area contributed by atoms with Crippen LogP contribution in [0.3, 0.4) is 0 Å². The van der Waals surface area contributed by atoms with E-state index in [4.69, 9.17) is 0 Å². The first-order chi connectivity index (χ1) is 7.78. The summed E-state index contributed by atoms with van der Waals surface area (Å²) in [4.78, 5) is 0. The van der Waals surface area contributed by atoms with Crippen LogP contribution in [0.5, 0.6) is 0 Å². The van der Waals surface area contributed by atoms with Crippen LogP contribution in [-0.4, -0.2) is 24.3 Å². The van der Waals surface area contributed by atoms with Gasteiger partial charge in [0.05, 0.1) is 6.10 Å². The normalized spacial score (nSPS) is 40.9. The maximum Gasteiger partial charge on any atom is 0.0540 e. The molecular weight excluding hydrogens is 198 g/mol. The third kappa shape index (κ3) is 3.46. The van der Waals surface area contributed by atoms with Crippen molar-refractivity contribution in [3.63, 3.8) is 0 Å². The molecule has 0 radical (unpaired) electrons. The lowest BCUT2D eigenvalue weighted by Gasteiger charge is -2.33. The fourth-order valence-electron chi connectivity index (χ4n) is 3.54. The van der Waals surface area contributed by atoms with E-state index in [9.17, 15) is 5.11 Å². The lowest BCUT2D eigenvalue weighted by Crippen LogP contribution is -2.31. The van der Waals surface area contributed by atoms with E-state index in [0.717, 1.165) is 30.7 Å². The van der Waals surface area contributed by atoms with Gasteiger partial charge in [0.1, 0.15) is 0 Å². The van der Waals surface area contributed by atoms with Gasteiger partial charge in [0.2, 0.25) is 0 Å². The number of aliphatic hydroxyl groups excluding tert-OH is 1. The van der Waals surface area contributed by atoms with Crippen molar-refractivity contribution >= 4 is 0 Å². The van der Waals surface area contributed by atoms with Crippen molar-refractivity contribution in [3.8, 4) is 0 Å². The van der Waals surface area contributed by atoms with Crippen LogP contribution >= 0.6 is 0 Å². The second-order valence-electron chi connectivity index (χ2n) is 5.92. The van der Waals surface area contributed by atoms with Crippen LogP contribution in [0.1, 0.15) is 57.8 Å². The SMILES string of the molecule is CNC1CCC(CC2CCC(O)CC2)CC1. The average Bonchev–Trinajstić information content (AvgIpc) is 2.33. The van der Waals surface area contributed by atoms with Crippen LogP contribution in [0.4, 0.5) is 0 Å². The van der Waals surface area contributed by atoms with Crippen molar-refractivity contribution in [2.24, 2.45) is 11.8 Å². The summed E-state index contributed by atoms with van der Waals surface area (Å²) in [7, 11) is 2.09. The zero-order valence-electron chi connectivity index (χ0n) is 10.6. The Bertz CT molecular complexity index is 191. The first-order valence-corrected chi connectivity index (χ1v) is 7.13. The van der Waals surface area contributed by atoms with E-state index in [1.165, 1.54) is 44.9 Å². The van der Waals surface area contributed by atoms with E-state index in [1.807, 2.05) is 0 Å². The third-order valence-corrected chi connectivity index (χ3v) is 4.74. The molecule has 0 saturated heterocycles. The highest BCUT2D eigenvalue weighted by molar-refractivity contribution is 4.80. The predicted molar refractivity (Wildman–Crippen MR) is 67.4 cm³/mol. The third-order valence-electron chi connectivity index (χ3n) is 4.74. The molecule has 2 heteroatoms. The number of hydrogen-bond acceptors (Lipinski definition) is 2. The Morgan fingerprint density at radius 3 is 1.88 bits per heavy atom. The minimum absolute atomic E-state index is 0.0104. The van der Waals surface area contributed by atoms with Gasteiger partial charge in [-0.25, -0.2) is 0 Å². The van der Waals surface area contributed by atoms with Crippen LogP contribution in [-0.2, 0) is 0 Å². The monoisotopic (exact) mass is 225 g/mol. The van der Waals surface area contributed by atoms with Gasteiger partial charge in [-0.05, 0) is 76.7 Å². The van der Waals surface area contributed by atoms with E-state index < -0.39 is 0 Å². The van der Waals surface area contributed by atoms with Gasteiger partial charge in [0.25, 0.3) is 0 Å². The van der Waals surface area contributed by atoms with Gasteiger partial charge in [-0.1, -0.05) is 0 Å². The Kier molecular flexibility index (Phi) is 4.66. The minimum atomic E-state index is 0.0104. The van der Waals surface area contributed by atoms with E-state index in [0.29, 0.717) is 0 Å². The van der Waals surface area contributed by atoms with Crippen molar-refractivity contribution in [2.45, 2.75) is 69.9 Å². The van der Waals surface area contributed by atoms with Gasteiger partial charge in [0.15, 0.2) is 0 Å². The second kappa shape index (κ2) is 6.02. The maximum absolute atomic E-state index is 9.49. The molecule has 0 unspecified atom stereocenters. The number of hydrogen-bond donors (Lipinski definition) is 2. The Labute approximate surface area is 99.8 Å². The van der Waals surface area contributed by atoms with E-state index in [2.05, 4.69) is 12.4 Å². The summed E-state index contributed by atoms with van der Waals surface area (Å²) in [6.45, 7) is 0. The van der Waals surface area contributed by atoms with E-state index in [1.54, 1.807) is 0 Å². The summed E-state index contributed by atoms with van der Waals surface area (Å²) in [5.74, 6) is 1.89. The molecule has 2 aliphatic rings. The highest BCUT2D eigenvalue weighted by Gasteiger charge is 2.25. The van der Waals surface area contributed by atoms with Crippen LogP contribution in [0.15, 0.2) is 0 Å². The highest BCUT2D eigenvalue weighted by atomic mass is 16.3. The molecule has 0 aromatic rings. The van der Waals surface area contributed by atoms with Crippen molar-refractivity contribution in [2.75, 3.05) is 7.05 Å². The molecule has 0 heterocycles. The molecule has 0 aromatic carbocycles. The molecule has 2 saturated carbocycles. The summed E-state index contributed by atoms with van der Waals surface area (Å²) in [5.41, 5.74) is 0. The summed E-state index contributed by atoms with van der Waals surface area (Å²) in [6, 6.07) is 0.782. The second-order valence-corrected chi connectivity index (χ2v) is 5.92. The molecule has 2 N–H and O–H groups in total. The summed E-state index contributed by atoms with van der Waals surface area (Å²) < 4.78 is 0. The van der Waals surface area contributed by atoms with Gasteiger partial charge in [-0.3, -0.25) is 0 Å². The molecule has 2 nitrogen and oxygen atoms in total. The molecule has 0 spiro atoms. The van der Waals surface area contributed by atoms with Crippen molar-refractivity contribution in [1.29, 1.82) is 0 Å². The molecule has 2 rings (SSSR count). The number of nitrogens with one attached hydrogen (secondary N) is 1. The van der Waals surface area contributed by atoms with Crippen LogP contribution in [0.25, 0.3) is 0 Å². The van der Waals surface area contributed by atoms with Gasteiger partial charge in [-0.2, -0.15) is 0 Å².